The number of fused-ring (bicyclic) bond motifs is 1. The minimum Gasteiger partial charge on any atom is -0.489 e. The monoisotopic (exact) mass is 564 g/mol. The van der Waals surface area contributed by atoms with Crippen LogP contribution in [0.15, 0.2) is 60.2 Å². The molecule has 0 bridgehead atoms. The highest BCUT2D eigenvalue weighted by molar-refractivity contribution is 7.17. The van der Waals surface area contributed by atoms with Crippen LogP contribution in [0.1, 0.15) is 16.7 Å². The van der Waals surface area contributed by atoms with Crippen LogP contribution in [0.4, 0.5) is 10.6 Å². The van der Waals surface area contributed by atoms with Gasteiger partial charge in [0.1, 0.15) is 23.9 Å². The maximum atomic E-state index is 12.0. The smallest absolute Gasteiger partial charge is 0.412 e. The summed E-state index contributed by atoms with van der Waals surface area (Å²) in [7, 11) is 0. The van der Waals surface area contributed by atoms with E-state index in [1.165, 1.54) is 17.5 Å². The summed E-state index contributed by atoms with van der Waals surface area (Å²) in [5, 5.41) is 23.2. The molecule has 4 N–H and O–H groups in total. The highest BCUT2D eigenvalue weighted by Gasteiger charge is 2.17. The molecule has 0 unspecified atom stereocenters. The summed E-state index contributed by atoms with van der Waals surface area (Å²) in [6, 6.07) is 13.5. The molecule has 3 aromatic heterocycles. The molecule has 0 spiro atoms. The fraction of sp³-hybridized carbons (Fsp3) is 0.185. The Hall–Kier alpha value is -4.19. The molecule has 2 aromatic carbocycles. The number of thiophene rings is 1. The molecule has 10 nitrogen and oxygen atoms in total. The summed E-state index contributed by atoms with van der Waals surface area (Å²) in [5.74, 6) is 1.29. The van der Waals surface area contributed by atoms with Crippen LogP contribution in [-0.4, -0.2) is 44.3 Å². The molecule has 0 aliphatic rings. The van der Waals surface area contributed by atoms with E-state index in [9.17, 15) is 4.79 Å². The van der Waals surface area contributed by atoms with E-state index < -0.39 is 6.09 Å². The fourth-order valence-electron chi connectivity index (χ4n) is 3.94. The average Bonchev–Trinajstić information content (AvgIpc) is 3.58. The van der Waals surface area contributed by atoms with Crippen LogP contribution in [0.2, 0.25) is 5.02 Å². The van der Waals surface area contributed by atoms with Gasteiger partial charge in [0.2, 0.25) is 0 Å². The lowest BCUT2D eigenvalue weighted by Crippen LogP contribution is -2.29. The van der Waals surface area contributed by atoms with Crippen LogP contribution in [0.5, 0.6) is 11.5 Å². The SMILES string of the molecule is Cc1ccc(-c2cn(Cc3ccc(Cl)cc3)nn2)cc1OCc1csc2c(OC(=O)NCCO)cnc(N)c12. The molecule has 0 radical (unpaired) electrons. The van der Waals surface area contributed by atoms with Gasteiger partial charge in [0, 0.05) is 28.1 Å². The minimum absolute atomic E-state index is 0.0883. The van der Waals surface area contributed by atoms with Crippen molar-refractivity contribution in [2.45, 2.75) is 20.1 Å². The molecule has 0 aliphatic heterocycles. The number of amides is 1. The zero-order valence-corrected chi connectivity index (χ0v) is 22.5. The second kappa shape index (κ2) is 11.7. The predicted molar refractivity (Wildman–Crippen MR) is 150 cm³/mol. The molecular formula is C27H25ClN6O4S. The van der Waals surface area contributed by atoms with Crippen molar-refractivity contribution in [3.8, 4) is 22.8 Å². The van der Waals surface area contributed by atoms with E-state index in [2.05, 4.69) is 20.6 Å². The molecule has 0 fully saturated rings. The quantitative estimate of drug-likeness (QED) is 0.232. The van der Waals surface area contributed by atoms with E-state index in [4.69, 9.17) is 31.9 Å². The molecule has 0 atom stereocenters. The molecule has 39 heavy (non-hydrogen) atoms. The van der Waals surface area contributed by atoms with Gasteiger partial charge in [-0.1, -0.05) is 41.1 Å². The van der Waals surface area contributed by atoms with E-state index in [0.717, 1.165) is 27.9 Å². The normalized spacial score (nSPS) is 11.1. The number of nitrogens with two attached hydrogens (primary N) is 1. The van der Waals surface area contributed by atoms with Gasteiger partial charge in [-0.05, 0) is 41.6 Å². The van der Waals surface area contributed by atoms with Gasteiger partial charge in [-0.3, -0.25) is 0 Å². The van der Waals surface area contributed by atoms with Crippen molar-refractivity contribution >= 4 is 44.9 Å². The van der Waals surface area contributed by atoms with Crippen molar-refractivity contribution in [2.24, 2.45) is 0 Å². The van der Waals surface area contributed by atoms with Crippen molar-refractivity contribution in [2.75, 3.05) is 18.9 Å². The summed E-state index contributed by atoms with van der Waals surface area (Å²) >= 11 is 7.36. The topological polar surface area (TPSA) is 137 Å². The fourth-order valence-corrected chi connectivity index (χ4v) is 5.07. The Bertz CT molecular complexity index is 1620. The van der Waals surface area contributed by atoms with Crippen LogP contribution in [0.25, 0.3) is 21.3 Å². The number of pyridine rings is 1. The molecule has 12 heteroatoms. The first-order valence-corrected chi connectivity index (χ1v) is 13.3. The molecular weight excluding hydrogens is 540 g/mol. The molecule has 1 amide bonds. The van der Waals surface area contributed by atoms with Gasteiger partial charge in [0.05, 0.1) is 30.2 Å². The van der Waals surface area contributed by atoms with Crippen LogP contribution in [-0.2, 0) is 13.2 Å². The zero-order chi connectivity index (χ0) is 27.4. The Morgan fingerprint density at radius 1 is 1.21 bits per heavy atom. The van der Waals surface area contributed by atoms with Gasteiger partial charge >= 0.3 is 6.09 Å². The van der Waals surface area contributed by atoms with Crippen molar-refractivity contribution in [1.82, 2.24) is 25.3 Å². The molecule has 0 aliphatic carbocycles. The average molecular weight is 565 g/mol. The predicted octanol–water partition coefficient (Wildman–Crippen LogP) is 4.81. The van der Waals surface area contributed by atoms with Crippen molar-refractivity contribution in [3.63, 3.8) is 0 Å². The Balaban J connectivity index is 1.32. The third kappa shape index (κ3) is 6.11. The number of aromatic nitrogens is 4. The lowest BCUT2D eigenvalue weighted by atomic mass is 10.1. The number of aryl methyl sites for hydroxylation is 1. The highest BCUT2D eigenvalue weighted by atomic mass is 35.5. The Morgan fingerprint density at radius 2 is 2.03 bits per heavy atom. The lowest BCUT2D eigenvalue weighted by molar-refractivity contribution is 0.196. The summed E-state index contributed by atoms with van der Waals surface area (Å²) in [4.78, 5) is 16.2. The number of rotatable bonds is 9. The number of aliphatic hydroxyl groups is 1. The van der Waals surface area contributed by atoms with Gasteiger partial charge < -0.3 is 25.6 Å². The number of hydrogen-bond acceptors (Lipinski definition) is 9. The largest absolute Gasteiger partial charge is 0.489 e. The van der Waals surface area contributed by atoms with Crippen LogP contribution < -0.4 is 20.5 Å². The van der Waals surface area contributed by atoms with Crippen LogP contribution in [0, 0.1) is 6.92 Å². The number of hydrogen-bond donors (Lipinski definition) is 3. The molecule has 5 aromatic rings. The van der Waals surface area contributed by atoms with Gasteiger partial charge in [-0.15, -0.1) is 16.4 Å². The number of anilines is 1. The number of ether oxygens (including phenoxy) is 2. The number of carbonyl (C=O) groups is 1. The number of benzene rings is 2. The third-order valence-electron chi connectivity index (χ3n) is 5.92. The first kappa shape index (κ1) is 26.4. The maximum absolute atomic E-state index is 12.0. The summed E-state index contributed by atoms with van der Waals surface area (Å²) in [6.45, 7) is 2.68. The summed E-state index contributed by atoms with van der Waals surface area (Å²) in [6.07, 6.45) is 2.62. The van der Waals surface area contributed by atoms with Crippen molar-refractivity contribution in [1.29, 1.82) is 0 Å². The molecule has 3 heterocycles. The first-order chi connectivity index (χ1) is 18.9. The van der Waals surface area contributed by atoms with Crippen LogP contribution >= 0.6 is 22.9 Å². The van der Waals surface area contributed by atoms with Crippen molar-refractivity contribution in [3.05, 3.63) is 82.0 Å². The van der Waals surface area contributed by atoms with E-state index in [1.54, 1.807) is 4.68 Å². The molecule has 5 rings (SSSR count). The van der Waals surface area contributed by atoms with Gasteiger partial charge in [0.25, 0.3) is 0 Å². The number of aliphatic hydroxyl groups excluding tert-OH is 1. The standard InChI is InChI=1S/C27H25ClN6O4S/c1-16-2-5-18(21-13-34(33-32-21)12-17-3-6-20(28)7-4-17)10-22(16)37-14-19-15-39-25-23(11-31-26(29)24(19)25)38-27(36)30-8-9-35/h2-7,10-11,13,15,35H,8-9,12,14H2,1H3,(H2,29,31)(H,30,36). The number of halogens is 1. The van der Waals surface area contributed by atoms with E-state index >= 15 is 0 Å². The van der Waals surface area contributed by atoms with E-state index in [-0.39, 0.29) is 25.5 Å². The maximum Gasteiger partial charge on any atom is 0.412 e. The zero-order valence-electron chi connectivity index (χ0n) is 20.9. The van der Waals surface area contributed by atoms with Gasteiger partial charge in [0.15, 0.2) is 5.75 Å². The molecule has 0 saturated carbocycles. The van der Waals surface area contributed by atoms with E-state index in [0.29, 0.717) is 33.2 Å². The number of nitrogens with zero attached hydrogens (tertiary/aromatic N) is 4. The van der Waals surface area contributed by atoms with E-state index in [1.807, 2.05) is 61.0 Å². The summed E-state index contributed by atoms with van der Waals surface area (Å²) in [5.41, 5.74) is 10.6. The third-order valence-corrected chi connectivity index (χ3v) is 7.21. The Kier molecular flexibility index (Phi) is 7.92. The Morgan fingerprint density at radius 3 is 2.82 bits per heavy atom. The van der Waals surface area contributed by atoms with Crippen molar-refractivity contribution < 1.29 is 19.4 Å². The number of nitrogens with one attached hydrogen (secondary N) is 1. The molecule has 200 valence electrons. The second-order valence-electron chi connectivity index (χ2n) is 8.71. The number of carbonyl (C=O) groups excluding carboxylic acids is 1. The van der Waals surface area contributed by atoms with Gasteiger partial charge in [-0.25, -0.2) is 14.5 Å². The number of nitrogen functional groups attached to an aromatic ring is 1. The second-order valence-corrected chi connectivity index (χ2v) is 10.0. The molecule has 0 saturated heterocycles. The van der Waals surface area contributed by atoms with Gasteiger partial charge in [-0.2, -0.15) is 0 Å². The van der Waals surface area contributed by atoms with Crippen LogP contribution in [0.3, 0.4) is 0 Å². The first-order valence-electron chi connectivity index (χ1n) is 12.0. The summed E-state index contributed by atoms with van der Waals surface area (Å²) < 4.78 is 14.0. The minimum atomic E-state index is -0.680. The highest BCUT2D eigenvalue weighted by Crippen LogP contribution is 2.37. The lowest BCUT2D eigenvalue weighted by Gasteiger charge is -2.11. The Labute approximate surface area is 233 Å².